The predicted octanol–water partition coefficient (Wildman–Crippen LogP) is 4.92. The van der Waals surface area contributed by atoms with Gasteiger partial charge in [-0.15, -0.1) is 0 Å². The number of benzene rings is 2. The van der Waals surface area contributed by atoms with Crippen LogP contribution in [0.3, 0.4) is 0 Å². The lowest BCUT2D eigenvalue weighted by Gasteiger charge is -2.13. The van der Waals surface area contributed by atoms with Crippen molar-refractivity contribution in [3.8, 4) is 11.1 Å². The fraction of sp³-hybridized carbons (Fsp3) is 0.240. The second-order valence-electron chi connectivity index (χ2n) is 7.73. The first kappa shape index (κ1) is 24.9. The maximum absolute atomic E-state index is 12.6. The first-order valence-electron chi connectivity index (χ1n) is 10.9. The zero-order chi connectivity index (χ0) is 24.3. The number of aromatic nitrogens is 1. The van der Waals surface area contributed by atoms with Gasteiger partial charge in [0.2, 0.25) is 11.8 Å². The van der Waals surface area contributed by atoms with Crippen LogP contribution in [-0.4, -0.2) is 34.0 Å². The molecule has 0 fully saturated rings. The molecule has 2 aromatic carbocycles. The van der Waals surface area contributed by atoms with Gasteiger partial charge in [-0.1, -0.05) is 61.2 Å². The Labute approximate surface area is 202 Å². The fourth-order valence-corrected chi connectivity index (χ4v) is 3.87. The van der Waals surface area contributed by atoms with Gasteiger partial charge in [0.25, 0.3) is 5.69 Å². The van der Waals surface area contributed by atoms with Crippen LogP contribution in [0.25, 0.3) is 11.1 Å². The molecule has 2 N–H and O–H groups in total. The lowest BCUT2D eigenvalue weighted by atomic mass is 10.0. The Kier molecular flexibility index (Phi) is 9.16. The molecule has 3 rings (SSSR count). The Balaban J connectivity index is 1.36. The summed E-state index contributed by atoms with van der Waals surface area (Å²) < 4.78 is 0. The maximum atomic E-state index is 12.6. The third-order valence-electron chi connectivity index (χ3n) is 5.10. The Morgan fingerprint density at radius 3 is 2.53 bits per heavy atom. The molecular formula is C25H26N4O4S. The molecule has 0 spiro atoms. The van der Waals surface area contributed by atoms with E-state index in [-0.39, 0.29) is 29.2 Å². The molecule has 9 heteroatoms. The molecule has 2 amide bonds. The van der Waals surface area contributed by atoms with Crippen molar-refractivity contribution in [3.05, 3.63) is 83.0 Å². The van der Waals surface area contributed by atoms with Crippen LogP contribution in [0, 0.1) is 16.0 Å². The van der Waals surface area contributed by atoms with Crippen molar-refractivity contribution in [2.45, 2.75) is 24.8 Å². The number of hydrogen-bond acceptors (Lipinski definition) is 6. The summed E-state index contributed by atoms with van der Waals surface area (Å²) in [6.07, 6.45) is 2.48. The van der Waals surface area contributed by atoms with E-state index in [9.17, 15) is 19.7 Å². The van der Waals surface area contributed by atoms with Gasteiger partial charge in [0.05, 0.1) is 15.7 Å². The van der Waals surface area contributed by atoms with Gasteiger partial charge in [-0.2, -0.15) is 0 Å². The van der Waals surface area contributed by atoms with Gasteiger partial charge in [-0.05, 0) is 42.2 Å². The van der Waals surface area contributed by atoms with Crippen molar-refractivity contribution in [3.63, 3.8) is 0 Å². The van der Waals surface area contributed by atoms with Gasteiger partial charge >= 0.3 is 0 Å². The predicted molar refractivity (Wildman–Crippen MR) is 134 cm³/mol. The van der Waals surface area contributed by atoms with Gasteiger partial charge in [0.1, 0.15) is 6.20 Å². The molecule has 0 aliphatic heterocycles. The summed E-state index contributed by atoms with van der Waals surface area (Å²) in [5.41, 5.74) is 2.79. The first-order chi connectivity index (χ1) is 16.4. The number of carbonyl (C=O) groups excluding carboxylic acids is 2. The molecule has 34 heavy (non-hydrogen) atoms. The molecule has 0 saturated heterocycles. The number of pyridine rings is 1. The Morgan fingerprint density at radius 2 is 1.82 bits per heavy atom. The van der Waals surface area contributed by atoms with Gasteiger partial charge in [-0.25, -0.2) is 4.98 Å². The molecule has 176 valence electrons. The van der Waals surface area contributed by atoms with Crippen molar-refractivity contribution in [1.82, 2.24) is 10.3 Å². The molecule has 1 aromatic heterocycles. The van der Waals surface area contributed by atoms with E-state index >= 15 is 0 Å². The van der Waals surface area contributed by atoms with Crippen molar-refractivity contribution in [1.29, 1.82) is 0 Å². The number of amides is 2. The van der Waals surface area contributed by atoms with E-state index < -0.39 is 4.92 Å². The van der Waals surface area contributed by atoms with Crippen molar-refractivity contribution >= 4 is 35.0 Å². The molecule has 3 aromatic rings. The Morgan fingerprint density at radius 1 is 1.06 bits per heavy atom. The summed E-state index contributed by atoms with van der Waals surface area (Å²) in [6.45, 7) is 2.34. The lowest BCUT2D eigenvalue weighted by Crippen LogP contribution is -2.27. The molecule has 0 bridgehead atoms. The topological polar surface area (TPSA) is 114 Å². The Bertz CT molecular complexity index is 1120. The summed E-state index contributed by atoms with van der Waals surface area (Å²) in [5.74, 6) is -0.245. The van der Waals surface area contributed by atoms with E-state index in [1.807, 2.05) is 61.5 Å². The van der Waals surface area contributed by atoms with Crippen molar-refractivity contribution < 1.29 is 14.5 Å². The van der Waals surface area contributed by atoms with Crippen LogP contribution >= 0.6 is 11.8 Å². The average Bonchev–Trinajstić information content (AvgIpc) is 2.86. The number of rotatable bonds is 11. The van der Waals surface area contributed by atoms with Crippen LogP contribution in [0.1, 0.15) is 19.8 Å². The van der Waals surface area contributed by atoms with E-state index in [1.165, 1.54) is 30.1 Å². The molecule has 1 heterocycles. The second-order valence-corrected chi connectivity index (χ2v) is 8.73. The molecule has 8 nitrogen and oxygen atoms in total. The SMILES string of the molecule is CC(CCCNC(=O)CSc1ccc([N+](=O)[O-])cn1)C(=O)Nc1cccc(-c2ccccc2)c1. The zero-order valence-corrected chi connectivity index (χ0v) is 19.6. The highest BCUT2D eigenvalue weighted by molar-refractivity contribution is 7.99. The Hall–Kier alpha value is -3.72. The zero-order valence-electron chi connectivity index (χ0n) is 18.8. The van der Waals surface area contributed by atoms with E-state index in [0.717, 1.165) is 16.8 Å². The van der Waals surface area contributed by atoms with E-state index in [1.54, 1.807) is 0 Å². The average molecular weight is 479 g/mol. The van der Waals surface area contributed by atoms with Crippen LogP contribution in [0.2, 0.25) is 0 Å². The number of nitrogens with one attached hydrogen (secondary N) is 2. The summed E-state index contributed by atoms with van der Waals surface area (Å²) in [4.78, 5) is 38.7. The van der Waals surface area contributed by atoms with Crippen LogP contribution in [0.4, 0.5) is 11.4 Å². The number of hydrogen-bond donors (Lipinski definition) is 2. The quantitative estimate of drug-likeness (QED) is 0.175. The van der Waals surface area contributed by atoms with Gasteiger partial charge in [0.15, 0.2) is 0 Å². The lowest BCUT2D eigenvalue weighted by molar-refractivity contribution is -0.385. The highest BCUT2D eigenvalue weighted by atomic mass is 32.2. The summed E-state index contributed by atoms with van der Waals surface area (Å²) in [7, 11) is 0. The highest BCUT2D eigenvalue weighted by Crippen LogP contribution is 2.23. The van der Waals surface area contributed by atoms with Crippen molar-refractivity contribution in [2.24, 2.45) is 5.92 Å². The third kappa shape index (κ3) is 7.70. The largest absolute Gasteiger partial charge is 0.355 e. The minimum atomic E-state index is -0.517. The fourth-order valence-electron chi connectivity index (χ4n) is 3.20. The standard InChI is InChI=1S/C25H26N4O4S/c1-18(25(31)28-21-11-5-10-20(15-21)19-8-3-2-4-9-19)7-6-14-26-23(30)17-34-24-13-12-22(16-27-24)29(32)33/h2-5,8-13,15-16,18H,6-7,14,17H2,1H3,(H,26,30)(H,28,31). The van der Waals surface area contributed by atoms with Gasteiger partial charge < -0.3 is 10.6 Å². The smallest absolute Gasteiger partial charge is 0.287 e. The van der Waals surface area contributed by atoms with Crippen molar-refractivity contribution in [2.75, 3.05) is 17.6 Å². The van der Waals surface area contributed by atoms with Gasteiger partial charge in [-0.3, -0.25) is 19.7 Å². The number of thioether (sulfide) groups is 1. The minimum Gasteiger partial charge on any atom is -0.355 e. The molecule has 1 atom stereocenters. The normalized spacial score (nSPS) is 11.4. The van der Waals surface area contributed by atoms with Crippen LogP contribution < -0.4 is 10.6 Å². The van der Waals surface area contributed by atoms with Crippen LogP contribution in [0.15, 0.2) is 78.0 Å². The summed E-state index contributed by atoms with van der Waals surface area (Å²) in [6, 6.07) is 20.6. The number of nitrogens with zero attached hydrogens (tertiary/aromatic N) is 2. The first-order valence-corrected chi connectivity index (χ1v) is 11.9. The third-order valence-corrected chi connectivity index (χ3v) is 6.05. The molecule has 0 saturated carbocycles. The van der Waals surface area contributed by atoms with Crippen LogP contribution in [0.5, 0.6) is 0 Å². The monoisotopic (exact) mass is 478 g/mol. The number of nitro groups is 1. The van der Waals surface area contributed by atoms with Crippen LogP contribution in [-0.2, 0) is 9.59 Å². The number of anilines is 1. The number of carbonyl (C=O) groups is 2. The minimum absolute atomic E-state index is 0.0589. The summed E-state index contributed by atoms with van der Waals surface area (Å²) >= 11 is 1.21. The molecular weight excluding hydrogens is 452 g/mol. The summed E-state index contributed by atoms with van der Waals surface area (Å²) in [5, 5.41) is 17.0. The highest BCUT2D eigenvalue weighted by Gasteiger charge is 2.14. The molecule has 0 radical (unpaired) electrons. The van der Waals surface area contributed by atoms with E-state index in [0.29, 0.717) is 24.4 Å². The van der Waals surface area contributed by atoms with E-state index in [4.69, 9.17) is 0 Å². The van der Waals surface area contributed by atoms with Gasteiger partial charge in [0, 0.05) is 24.2 Å². The van der Waals surface area contributed by atoms with E-state index in [2.05, 4.69) is 15.6 Å². The molecule has 1 unspecified atom stereocenters. The molecule has 0 aliphatic carbocycles. The second kappa shape index (κ2) is 12.5. The molecule has 0 aliphatic rings. The maximum Gasteiger partial charge on any atom is 0.287 e.